The number of carboxylic acid groups (broad SMARTS) is 1. The first-order valence-corrected chi connectivity index (χ1v) is 7.28. The summed E-state index contributed by atoms with van der Waals surface area (Å²) >= 11 is 0. The van der Waals surface area contributed by atoms with Crippen molar-refractivity contribution in [1.82, 2.24) is 5.32 Å². The second-order valence-corrected chi connectivity index (χ2v) is 4.96. The minimum atomic E-state index is -0.801. The summed E-state index contributed by atoms with van der Waals surface area (Å²) in [6.45, 7) is 0.463. The third-order valence-electron chi connectivity index (χ3n) is 3.24. The van der Waals surface area contributed by atoms with Gasteiger partial charge in [-0.2, -0.15) is 0 Å². The molecule has 1 aromatic rings. The van der Waals surface area contributed by atoms with E-state index in [9.17, 15) is 19.7 Å². The number of hydrogen-bond donors (Lipinski definition) is 2. The van der Waals surface area contributed by atoms with Gasteiger partial charge < -0.3 is 15.2 Å². The van der Waals surface area contributed by atoms with Gasteiger partial charge in [0.05, 0.1) is 12.0 Å². The molecule has 0 saturated carbocycles. The summed E-state index contributed by atoms with van der Waals surface area (Å²) in [7, 11) is 1.31. The number of carbonyl (C=O) groups is 2. The Labute approximate surface area is 133 Å². The van der Waals surface area contributed by atoms with E-state index in [-0.39, 0.29) is 23.8 Å². The van der Waals surface area contributed by atoms with Crippen LogP contribution in [0.1, 0.15) is 42.5 Å². The Balaban J connectivity index is 2.40. The summed E-state index contributed by atoms with van der Waals surface area (Å²) in [6, 6.07) is 3.95. The Morgan fingerprint density at radius 2 is 1.96 bits per heavy atom. The average molecular weight is 324 g/mol. The molecule has 0 heterocycles. The fourth-order valence-electron chi connectivity index (χ4n) is 2.03. The number of carboxylic acids is 1. The number of nitro benzene ring substituents is 1. The molecule has 0 fully saturated rings. The zero-order valence-corrected chi connectivity index (χ0v) is 12.9. The fourth-order valence-corrected chi connectivity index (χ4v) is 2.03. The first kappa shape index (κ1) is 18.4. The van der Waals surface area contributed by atoms with Gasteiger partial charge in [0.2, 0.25) is 0 Å². The van der Waals surface area contributed by atoms with Crippen molar-refractivity contribution in [3.05, 3.63) is 33.9 Å². The highest BCUT2D eigenvalue weighted by Gasteiger charge is 2.17. The van der Waals surface area contributed by atoms with Crippen molar-refractivity contribution in [2.24, 2.45) is 0 Å². The maximum absolute atomic E-state index is 12.0. The number of amides is 1. The summed E-state index contributed by atoms with van der Waals surface area (Å²) in [5.74, 6) is -1.09. The Morgan fingerprint density at radius 1 is 1.26 bits per heavy atom. The molecule has 0 aliphatic heterocycles. The second kappa shape index (κ2) is 9.39. The van der Waals surface area contributed by atoms with E-state index in [2.05, 4.69) is 5.32 Å². The first-order valence-electron chi connectivity index (χ1n) is 7.28. The summed E-state index contributed by atoms with van der Waals surface area (Å²) < 4.78 is 4.92. The van der Waals surface area contributed by atoms with E-state index in [0.29, 0.717) is 18.5 Å². The van der Waals surface area contributed by atoms with Crippen LogP contribution in [0.3, 0.4) is 0 Å². The van der Waals surface area contributed by atoms with Gasteiger partial charge in [0.15, 0.2) is 5.75 Å². The van der Waals surface area contributed by atoms with Gasteiger partial charge in [0.25, 0.3) is 5.91 Å². The fraction of sp³-hybridized carbons (Fsp3) is 0.467. The number of ether oxygens (including phenoxy) is 1. The second-order valence-electron chi connectivity index (χ2n) is 4.96. The number of carbonyl (C=O) groups excluding carboxylic acids is 1. The molecule has 2 N–H and O–H groups in total. The minimum absolute atomic E-state index is 0.0383. The van der Waals surface area contributed by atoms with E-state index in [1.165, 1.54) is 25.3 Å². The monoisotopic (exact) mass is 324 g/mol. The van der Waals surface area contributed by atoms with Gasteiger partial charge in [-0.05, 0) is 18.9 Å². The predicted octanol–water partition coefficient (Wildman–Crippen LogP) is 2.37. The van der Waals surface area contributed by atoms with Gasteiger partial charge >= 0.3 is 11.7 Å². The number of methoxy groups -OCH3 is 1. The molecule has 0 aliphatic rings. The van der Waals surface area contributed by atoms with E-state index in [1.807, 2.05) is 0 Å². The number of rotatable bonds is 10. The van der Waals surface area contributed by atoms with Crippen LogP contribution in [0.15, 0.2) is 18.2 Å². The first-order chi connectivity index (χ1) is 11.0. The third-order valence-corrected chi connectivity index (χ3v) is 3.24. The highest BCUT2D eigenvalue weighted by atomic mass is 16.6. The van der Waals surface area contributed by atoms with Gasteiger partial charge in [0.1, 0.15) is 0 Å². The summed E-state index contributed by atoms with van der Waals surface area (Å²) in [6.07, 6.45) is 3.16. The van der Waals surface area contributed by atoms with Crippen LogP contribution in [-0.4, -0.2) is 35.6 Å². The standard InChI is InChI=1S/C15H20N2O6/c1-23-13-10-11(7-8-12(13)17(21)22)15(20)16-9-5-3-2-4-6-14(18)19/h7-8,10H,2-6,9H2,1H3,(H,16,20)(H,18,19). The number of benzene rings is 1. The number of unbranched alkanes of at least 4 members (excludes halogenated alkanes) is 3. The molecule has 0 radical (unpaired) electrons. The van der Waals surface area contributed by atoms with E-state index >= 15 is 0 Å². The maximum atomic E-state index is 12.0. The van der Waals surface area contributed by atoms with Crippen LogP contribution in [-0.2, 0) is 4.79 Å². The lowest BCUT2D eigenvalue weighted by Gasteiger charge is -2.07. The zero-order valence-electron chi connectivity index (χ0n) is 12.9. The molecule has 8 nitrogen and oxygen atoms in total. The molecule has 0 unspecified atom stereocenters. The van der Waals surface area contributed by atoms with Gasteiger partial charge in [-0.3, -0.25) is 19.7 Å². The highest BCUT2D eigenvalue weighted by molar-refractivity contribution is 5.95. The number of aliphatic carboxylic acids is 1. The molecule has 1 amide bonds. The van der Waals surface area contributed by atoms with Gasteiger partial charge in [0, 0.05) is 30.7 Å². The Hall–Kier alpha value is -2.64. The molecule has 0 bridgehead atoms. The van der Waals surface area contributed by atoms with E-state index in [4.69, 9.17) is 9.84 Å². The lowest BCUT2D eigenvalue weighted by atomic mass is 10.1. The Kier molecular flexibility index (Phi) is 7.52. The molecule has 126 valence electrons. The molecule has 0 saturated heterocycles. The number of nitrogens with zero attached hydrogens (tertiary/aromatic N) is 1. The highest BCUT2D eigenvalue weighted by Crippen LogP contribution is 2.27. The van der Waals surface area contributed by atoms with E-state index < -0.39 is 10.9 Å². The van der Waals surface area contributed by atoms with Crippen molar-refractivity contribution in [3.63, 3.8) is 0 Å². The van der Waals surface area contributed by atoms with Crippen molar-refractivity contribution in [2.45, 2.75) is 32.1 Å². The summed E-state index contributed by atoms with van der Waals surface area (Å²) in [4.78, 5) is 32.5. The van der Waals surface area contributed by atoms with Crippen LogP contribution < -0.4 is 10.1 Å². The van der Waals surface area contributed by atoms with E-state index in [1.54, 1.807) is 0 Å². The lowest BCUT2D eigenvalue weighted by Crippen LogP contribution is -2.24. The molecular weight excluding hydrogens is 304 g/mol. The molecule has 8 heteroatoms. The van der Waals surface area contributed by atoms with Crippen molar-refractivity contribution < 1.29 is 24.4 Å². The normalized spacial score (nSPS) is 10.1. The van der Waals surface area contributed by atoms with Crippen molar-refractivity contribution in [1.29, 1.82) is 0 Å². The van der Waals surface area contributed by atoms with Crippen molar-refractivity contribution >= 4 is 17.6 Å². The molecule has 0 spiro atoms. The van der Waals surface area contributed by atoms with Crippen LogP contribution >= 0.6 is 0 Å². The van der Waals surface area contributed by atoms with Gasteiger partial charge in [-0.15, -0.1) is 0 Å². The van der Waals surface area contributed by atoms with E-state index in [0.717, 1.165) is 19.3 Å². The van der Waals surface area contributed by atoms with Crippen LogP contribution in [0.2, 0.25) is 0 Å². The molecule has 0 aliphatic carbocycles. The van der Waals surface area contributed by atoms with Gasteiger partial charge in [-0.1, -0.05) is 12.8 Å². The molecule has 1 rings (SSSR count). The van der Waals surface area contributed by atoms with Gasteiger partial charge in [-0.25, -0.2) is 0 Å². The third kappa shape index (κ3) is 6.33. The van der Waals surface area contributed by atoms with Crippen LogP contribution in [0, 0.1) is 10.1 Å². The predicted molar refractivity (Wildman–Crippen MR) is 82.7 cm³/mol. The summed E-state index contributed by atoms with van der Waals surface area (Å²) in [5, 5.41) is 22.0. The zero-order chi connectivity index (χ0) is 17.2. The van der Waals surface area contributed by atoms with Crippen LogP contribution in [0.4, 0.5) is 5.69 Å². The largest absolute Gasteiger partial charge is 0.490 e. The number of hydrogen-bond acceptors (Lipinski definition) is 5. The van der Waals surface area contributed by atoms with Crippen LogP contribution in [0.5, 0.6) is 5.75 Å². The van der Waals surface area contributed by atoms with Crippen molar-refractivity contribution in [2.75, 3.05) is 13.7 Å². The summed E-state index contributed by atoms with van der Waals surface area (Å²) in [5.41, 5.74) is 0.0980. The molecule has 23 heavy (non-hydrogen) atoms. The van der Waals surface area contributed by atoms with Crippen molar-refractivity contribution in [3.8, 4) is 5.75 Å². The minimum Gasteiger partial charge on any atom is -0.490 e. The van der Waals surface area contributed by atoms with Crippen LogP contribution in [0.25, 0.3) is 0 Å². The molecule has 0 aromatic heterocycles. The maximum Gasteiger partial charge on any atom is 0.310 e. The average Bonchev–Trinajstić information content (AvgIpc) is 2.52. The molecule has 1 aromatic carbocycles. The SMILES string of the molecule is COc1cc(C(=O)NCCCCCCC(=O)O)ccc1[N+](=O)[O-]. The molecular formula is C15H20N2O6. The topological polar surface area (TPSA) is 119 Å². The quantitative estimate of drug-likeness (QED) is 0.387. The molecule has 0 atom stereocenters. The number of nitro groups is 1. The lowest BCUT2D eigenvalue weighted by molar-refractivity contribution is -0.385. The Morgan fingerprint density at radius 3 is 2.57 bits per heavy atom. The number of nitrogens with one attached hydrogen (secondary N) is 1. The smallest absolute Gasteiger partial charge is 0.310 e. The Bertz CT molecular complexity index is 573.